The molecular formula is C15H15FN2O2S. The van der Waals surface area contributed by atoms with Crippen molar-refractivity contribution in [3.63, 3.8) is 0 Å². The quantitative estimate of drug-likeness (QED) is 0.853. The fourth-order valence-corrected chi connectivity index (χ4v) is 3.96. The van der Waals surface area contributed by atoms with Gasteiger partial charge in [-0.25, -0.2) is 12.8 Å². The molecule has 1 aliphatic rings. The van der Waals surface area contributed by atoms with Gasteiger partial charge in [0.05, 0.1) is 0 Å². The molecule has 1 saturated carbocycles. The molecule has 0 saturated heterocycles. The maximum atomic E-state index is 13.9. The Morgan fingerprint density at radius 1 is 1.14 bits per heavy atom. The third-order valence-corrected chi connectivity index (χ3v) is 5.40. The summed E-state index contributed by atoms with van der Waals surface area (Å²) < 4.78 is 40.7. The molecule has 0 bridgehead atoms. The van der Waals surface area contributed by atoms with Crippen molar-refractivity contribution in [1.29, 1.82) is 0 Å². The lowest BCUT2D eigenvalue weighted by atomic mass is 10.3. The van der Waals surface area contributed by atoms with Crippen LogP contribution in [-0.4, -0.2) is 23.7 Å². The van der Waals surface area contributed by atoms with Gasteiger partial charge in [0.15, 0.2) is 0 Å². The van der Waals surface area contributed by atoms with Gasteiger partial charge in [0.2, 0.25) is 10.0 Å². The number of benzene rings is 1. The summed E-state index contributed by atoms with van der Waals surface area (Å²) in [6.07, 6.45) is 4.88. The summed E-state index contributed by atoms with van der Waals surface area (Å²) in [5.74, 6) is -0.710. The molecule has 1 aliphatic carbocycles. The van der Waals surface area contributed by atoms with Crippen LogP contribution in [0.4, 0.5) is 4.39 Å². The number of rotatable bonds is 5. The van der Waals surface area contributed by atoms with Crippen molar-refractivity contribution in [3.8, 4) is 0 Å². The fourth-order valence-electron chi connectivity index (χ4n) is 2.22. The molecule has 0 N–H and O–H groups in total. The third kappa shape index (κ3) is 2.96. The fraction of sp³-hybridized carbons (Fsp3) is 0.267. The molecule has 6 heteroatoms. The molecule has 1 aromatic carbocycles. The molecule has 4 nitrogen and oxygen atoms in total. The maximum Gasteiger partial charge on any atom is 0.246 e. The number of pyridine rings is 1. The van der Waals surface area contributed by atoms with Crippen molar-refractivity contribution in [3.05, 3.63) is 60.2 Å². The normalized spacial score (nSPS) is 15.3. The Kier molecular flexibility index (Phi) is 3.73. The maximum absolute atomic E-state index is 13.9. The Bertz CT molecular complexity index is 730. The highest BCUT2D eigenvalue weighted by Crippen LogP contribution is 2.34. The minimum absolute atomic E-state index is 0.0391. The molecule has 0 spiro atoms. The average Bonchev–Trinajstić information content (AvgIpc) is 3.30. The topological polar surface area (TPSA) is 50.3 Å². The van der Waals surface area contributed by atoms with Gasteiger partial charge in [0, 0.05) is 25.0 Å². The van der Waals surface area contributed by atoms with Crippen molar-refractivity contribution < 1.29 is 12.8 Å². The van der Waals surface area contributed by atoms with E-state index in [4.69, 9.17) is 0 Å². The Morgan fingerprint density at radius 3 is 2.43 bits per heavy atom. The number of aromatic nitrogens is 1. The van der Waals surface area contributed by atoms with Crippen LogP contribution in [0.3, 0.4) is 0 Å². The molecule has 2 aromatic rings. The lowest BCUT2D eigenvalue weighted by Gasteiger charge is -2.22. The van der Waals surface area contributed by atoms with Crippen LogP contribution < -0.4 is 0 Å². The Hall–Kier alpha value is -1.79. The zero-order chi connectivity index (χ0) is 14.9. The summed E-state index contributed by atoms with van der Waals surface area (Å²) >= 11 is 0. The van der Waals surface area contributed by atoms with E-state index in [2.05, 4.69) is 4.98 Å². The van der Waals surface area contributed by atoms with Gasteiger partial charge in [-0.1, -0.05) is 12.1 Å². The highest BCUT2D eigenvalue weighted by Gasteiger charge is 2.39. The van der Waals surface area contributed by atoms with E-state index in [1.54, 1.807) is 24.5 Å². The molecule has 1 heterocycles. The molecular weight excluding hydrogens is 291 g/mol. The standard InChI is InChI=1S/C15H15FN2O2S/c16-14-3-1-2-4-15(14)21(19,20)18(13-5-6-13)11-12-7-9-17-10-8-12/h1-4,7-10,13H,5-6,11H2. The summed E-state index contributed by atoms with van der Waals surface area (Å²) in [5.41, 5.74) is 0.844. The van der Waals surface area contributed by atoms with Crippen LogP contribution in [0.1, 0.15) is 18.4 Å². The van der Waals surface area contributed by atoms with E-state index in [1.165, 1.54) is 28.6 Å². The zero-order valence-electron chi connectivity index (χ0n) is 11.3. The van der Waals surface area contributed by atoms with Crippen LogP contribution in [0, 0.1) is 5.82 Å². The third-order valence-electron chi connectivity index (χ3n) is 3.47. The van der Waals surface area contributed by atoms with Crippen LogP contribution in [0.25, 0.3) is 0 Å². The molecule has 1 fully saturated rings. The van der Waals surface area contributed by atoms with E-state index in [-0.39, 0.29) is 17.5 Å². The SMILES string of the molecule is O=S(=O)(c1ccccc1F)N(Cc1ccncc1)C1CC1. The predicted molar refractivity (Wildman–Crippen MR) is 76.4 cm³/mol. The number of nitrogens with zero attached hydrogens (tertiary/aromatic N) is 2. The highest BCUT2D eigenvalue weighted by molar-refractivity contribution is 7.89. The lowest BCUT2D eigenvalue weighted by Crippen LogP contribution is -2.33. The number of hydrogen-bond acceptors (Lipinski definition) is 3. The van der Waals surface area contributed by atoms with E-state index in [1.807, 2.05) is 0 Å². The van der Waals surface area contributed by atoms with Crippen molar-refractivity contribution in [2.24, 2.45) is 0 Å². The molecule has 0 amide bonds. The van der Waals surface area contributed by atoms with Crippen molar-refractivity contribution in [1.82, 2.24) is 9.29 Å². The van der Waals surface area contributed by atoms with E-state index in [9.17, 15) is 12.8 Å². The minimum Gasteiger partial charge on any atom is -0.265 e. The van der Waals surface area contributed by atoms with Crippen LogP contribution in [0.15, 0.2) is 53.7 Å². The van der Waals surface area contributed by atoms with E-state index in [0.29, 0.717) is 0 Å². The van der Waals surface area contributed by atoms with Crippen molar-refractivity contribution in [2.45, 2.75) is 30.3 Å². The first-order valence-corrected chi connectivity index (χ1v) is 8.18. The second kappa shape index (κ2) is 5.54. The average molecular weight is 306 g/mol. The Balaban J connectivity index is 1.96. The van der Waals surface area contributed by atoms with Crippen LogP contribution in [-0.2, 0) is 16.6 Å². The van der Waals surface area contributed by atoms with Crippen molar-refractivity contribution in [2.75, 3.05) is 0 Å². The van der Waals surface area contributed by atoms with Gasteiger partial charge in [0.1, 0.15) is 10.7 Å². The Labute approximate surface area is 123 Å². The molecule has 110 valence electrons. The molecule has 21 heavy (non-hydrogen) atoms. The van der Waals surface area contributed by atoms with Gasteiger partial charge in [-0.05, 0) is 42.7 Å². The van der Waals surface area contributed by atoms with Gasteiger partial charge in [-0.2, -0.15) is 4.31 Å². The van der Waals surface area contributed by atoms with E-state index < -0.39 is 15.8 Å². The lowest BCUT2D eigenvalue weighted by molar-refractivity contribution is 0.395. The minimum atomic E-state index is -3.83. The second-order valence-corrected chi connectivity index (χ2v) is 6.93. The first kappa shape index (κ1) is 14.2. The van der Waals surface area contributed by atoms with Crippen LogP contribution >= 0.6 is 0 Å². The predicted octanol–water partition coefficient (Wildman–Crippen LogP) is 2.57. The van der Waals surface area contributed by atoms with Gasteiger partial charge >= 0.3 is 0 Å². The molecule has 1 aromatic heterocycles. The van der Waals surface area contributed by atoms with Gasteiger partial charge < -0.3 is 0 Å². The number of halogens is 1. The summed E-state index contributed by atoms with van der Waals surface area (Å²) in [5, 5.41) is 0. The zero-order valence-corrected chi connectivity index (χ0v) is 12.1. The highest BCUT2D eigenvalue weighted by atomic mass is 32.2. The molecule has 0 radical (unpaired) electrons. The van der Waals surface area contributed by atoms with E-state index >= 15 is 0 Å². The molecule has 0 atom stereocenters. The Morgan fingerprint density at radius 2 is 1.81 bits per heavy atom. The molecule has 0 unspecified atom stereocenters. The monoisotopic (exact) mass is 306 g/mol. The van der Waals surface area contributed by atoms with Gasteiger partial charge in [-0.15, -0.1) is 0 Å². The number of hydrogen-bond donors (Lipinski definition) is 0. The van der Waals surface area contributed by atoms with Crippen LogP contribution in [0.5, 0.6) is 0 Å². The number of sulfonamides is 1. The first-order valence-electron chi connectivity index (χ1n) is 6.74. The molecule has 0 aliphatic heterocycles. The summed E-state index contributed by atoms with van der Waals surface area (Å²) in [6.45, 7) is 0.240. The van der Waals surface area contributed by atoms with Crippen LogP contribution in [0.2, 0.25) is 0 Å². The van der Waals surface area contributed by atoms with Gasteiger partial charge in [-0.3, -0.25) is 4.98 Å². The smallest absolute Gasteiger partial charge is 0.246 e. The van der Waals surface area contributed by atoms with Gasteiger partial charge in [0.25, 0.3) is 0 Å². The molecule has 3 rings (SSSR count). The second-order valence-electron chi connectivity index (χ2n) is 5.07. The van der Waals surface area contributed by atoms with Crippen molar-refractivity contribution >= 4 is 10.0 Å². The summed E-state index contributed by atoms with van der Waals surface area (Å²) in [7, 11) is -3.83. The largest absolute Gasteiger partial charge is 0.265 e. The summed E-state index contributed by atoms with van der Waals surface area (Å²) in [6, 6.07) is 9.00. The summed E-state index contributed by atoms with van der Waals surface area (Å²) in [4.78, 5) is 3.66. The van der Waals surface area contributed by atoms with E-state index in [0.717, 1.165) is 18.4 Å². The first-order chi connectivity index (χ1) is 10.1.